The zero-order valence-corrected chi connectivity index (χ0v) is 12.7. The molecular weight excluding hydrogens is 294 g/mol. The van der Waals surface area contributed by atoms with Crippen molar-refractivity contribution in [2.45, 2.75) is 6.92 Å². The van der Waals surface area contributed by atoms with Crippen LogP contribution < -0.4 is 10.6 Å². The smallest absolute Gasteiger partial charge is 0.320 e. The van der Waals surface area contributed by atoms with Gasteiger partial charge in [0, 0.05) is 18.2 Å². The van der Waals surface area contributed by atoms with E-state index in [-0.39, 0.29) is 11.8 Å². The number of Topliss-reactive ketones (excluding diaryl/α,β-unsaturated/α-hetero) is 1. The van der Waals surface area contributed by atoms with Gasteiger partial charge in [0.2, 0.25) is 0 Å². The van der Waals surface area contributed by atoms with Crippen LogP contribution >= 0.6 is 0 Å². The van der Waals surface area contributed by atoms with Crippen LogP contribution in [0.2, 0.25) is 0 Å². The van der Waals surface area contributed by atoms with Gasteiger partial charge in [0.1, 0.15) is 0 Å². The Morgan fingerprint density at radius 3 is 2.48 bits per heavy atom. The number of nitrogens with one attached hydrogen (secondary N) is 2. The number of amides is 2. The lowest BCUT2D eigenvalue weighted by molar-refractivity contribution is 0.101. The normalized spacial score (nSPS) is 10.5. The van der Waals surface area contributed by atoms with Crippen LogP contribution in [0, 0.1) is 0 Å². The average Bonchev–Trinajstić information content (AvgIpc) is 2.96. The molecule has 2 aromatic heterocycles. The van der Waals surface area contributed by atoms with Gasteiger partial charge in [-0.25, -0.2) is 14.3 Å². The topological polar surface area (TPSA) is 88.4 Å². The minimum absolute atomic E-state index is 0.0273. The van der Waals surface area contributed by atoms with Gasteiger partial charge >= 0.3 is 6.03 Å². The number of fused-ring (bicyclic) bond motifs is 1. The fraction of sp³-hybridized carbons (Fsp3) is 0.125. The summed E-state index contributed by atoms with van der Waals surface area (Å²) in [6, 6.07) is 10.6. The monoisotopic (exact) mass is 309 g/mol. The summed E-state index contributed by atoms with van der Waals surface area (Å²) >= 11 is 0. The van der Waals surface area contributed by atoms with Gasteiger partial charge in [-0.2, -0.15) is 5.10 Å². The van der Waals surface area contributed by atoms with Crippen LogP contribution in [-0.4, -0.2) is 33.5 Å². The number of benzene rings is 1. The second-order valence-corrected chi connectivity index (χ2v) is 4.99. The second kappa shape index (κ2) is 5.88. The Morgan fingerprint density at radius 1 is 1.09 bits per heavy atom. The molecule has 1 aromatic carbocycles. The Morgan fingerprint density at radius 2 is 1.83 bits per heavy atom. The molecule has 0 saturated carbocycles. The molecule has 0 fully saturated rings. The van der Waals surface area contributed by atoms with Crippen molar-refractivity contribution in [1.29, 1.82) is 0 Å². The fourth-order valence-electron chi connectivity index (χ4n) is 2.15. The zero-order chi connectivity index (χ0) is 16.4. The highest BCUT2D eigenvalue weighted by molar-refractivity contribution is 5.94. The van der Waals surface area contributed by atoms with E-state index < -0.39 is 0 Å². The van der Waals surface area contributed by atoms with E-state index in [2.05, 4.69) is 20.7 Å². The lowest BCUT2D eigenvalue weighted by Crippen LogP contribution is -2.24. The molecule has 23 heavy (non-hydrogen) atoms. The Labute approximate surface area is 132 Å². The number of imidazole rings is 1. The van der Waals surface area contributed by atoms with Crippen LogP contribution in [-0.2, 0) is 0 Å². The van der Waals surface area contributed by atoms with Gasteiger partial charge in [0.25, 0.3) is 0 Å². The molecule has 7 heteroatoms. The number of carbonyl (C=O) groups excluding carboxylic acids is 2. The Balaban J connectivity index is 1.93. The van der Waals surface area contributed by atoms with Gasteiger partial charge in [0.05, 0.1) is 11.9 Å². The van der Waals surface area contributed by atoms with Gasteiger partial charge in [-0.05, 0) is 19.1 Å². The van der Waals surface area contributed by atoms with Crippen LogP contribution in [0.25, 0.3) is 16.9 Å². The first kappa shape index (κ1) is 14.7. The van der Waals surface area contributed by atoms with E-state index in [0.29, 0.717) is 17.0 Å². The first-order valence-corrected chi connectivity index (χ1v) is 7.03. The van der Waals surface area contributed by atoms with Gasteiger partial charge in [-0.3, -0.25) is 10.1 Å². The van der Waals surface area contributed by atoms with E-state index in [1.807, 2.05) is 24.3 Å². The van der Waals surface area contributed by atoms with Crippen LogP contribution in [0.5, 0.6) is 0 Å². The number of hydrogen-bond donors (Lipinski definition) is 2. The van der Waals surface area contributed by atoms with Crippen molar-refractivity contribution in [3.8, 4) is 11.3 Å². The van der Waals surface area contributed by atoms with E-state index in [1.165, 1.54) is 14.0 Å². The van der Waals surface area contributed by atoms with Crippen molar-refractivity contribution < 1.29 is 9.59 Å². The standard InChI is InChI=1S/C16H15N5O2/c1-10(22)11-3-5-12(6-4-11)13-7-8-15-18-14(9-21(15)20-13)19-16(23)17-2/h3-9H,1-2H3,(H2,17,19,23). The number of ketones is 1. The molecule has 0 spiro atoms. The predicted molar refractivity (Wildman–Crippen MR) is 86.5 cm³/mol. The summed E-state index contributed by atoms with van der Waals surface area (Å²) < 4.78 is 1.60. The second-order valence-electron chi connectivity index (χ2n) is 4.99. The van der Waals surface area contributed by atoms with E-state index in [1.54, 1.807) is 22.8 Å². The van der Waals surface area contributed by atoms with Gasteiger partial charge < -0.3 is 5.32 Å². The van der Waals surface area contributed by atoms with Crippen LogP contribution in [0.3, 0.4) is 0 Å². The lowest BCUT2D eigenvalue weighted by atomic mass is 10.1. The quantitative estimate of drug-likeness (QED) is 0.727. The molecule has 0 unspecified atom stereocenters. The molecule has 0 saturated heterocycles. The highest BCUT2D eigenvalue weighted by Crippen LogP contribution is 2.19. The van der Waals surface area contributed by atoms with Gasteiger partial charge in [-0.15, -0.1) is 0 Å². The first-order valence-electron chi connectivity index (χ1n) is 7.03. The number of carbonyl (C=O) groups is 2. The maximum atomic E-state index is 11.3. The van der Waals surface area contributed by atoms with Crippen molar-refractivity contribution in [2.75, 3.05) is 12.4 Å². The highest BCUT2D eigenvalue weighted by Gasteiger charge is 2.08. The van der Waals surface area contributed by atoms with Gasteiger partial charge in [0.15, 0.2) is 17.2 Å². The lowest BCUT2D eigenvalue weighted by Gasteiger charge is -2.02. The number of rotatable bonds is 3. The largest absolute Gasteiger partial charge is 0.341 e. The summed E-state index contributed by atoms with van der Waals surface area (Å²) in [7, 11) is 1.53. The molecule has 0 aliphatic rings. The molecule has 0 atom stereocenters. The molecule has 0 aliphatic heterocycles. The van der Waals surface area contributed by atoms with E-state index >= 15 is 0 Å². The molecule has 2 amide bonds. The Hall–Kier alpha value is -3.22. The molecule has 2 N–H and O–H groups in total. The highest BCUT2D eigenvalue weighted by atomic mass is 16.2. The SMILES string of the molecule is CNC(=O)Nc1cn2nc(-c3ccc(C(C)=O)cc3)ccc2n1. The maximum Gasteiger partial charge on any atom is 0.320 e. The number of urea groups is 1. The summed E-state index contributed by atoms with van der Waals surface area (Å²) in [4.78, 5) is 26.9. The molecule has 3 rings (SSSR count). The van der Waals surface area contributed by atoms with Crippen LogP contribution in [0.15, 0.2) is 42.6 Å². The predicted octanol–water partition coefficient (Wildman–Crippen LogP) is 2.35. The van der Waals surface area contributed by atoms with Crippen molar-refractivity contribution in [2.24, 2.45) is 0 Å². The van der Waals surface area contributed by atoms with E-state index in [0.717, 1.165) is 11.3 Å². The molecule has 0 radical (unpaired) electrons. The third kappa shape index (κ3) is 3.03. The molecule has 3 aromatic rings. The van der Waals surface area contributed by atoms with Crippen molar-refractivity contribution in [3.05, 3.63) is 48.2 Å². The average molecular weight is 309 g/mol. The van der Waals surface area contributed by atoms with Crippen molar-refractivity contribution >= 4 is 23.3 Å². The molecule has 2 heterocycles. The molecule has 0 bridgehead atoms. The molecule has 7 nitrogen and oxygen atoms in total. The third-order valence-electron chi connectivity index (χ3n) is 3.38. The molecule has 0 aliphatic carbocycles. The minimum atomic E-state index is -0.339. The van der Waals surface area contributed by atoms with Crippen molar-refractivity contribution in [3.63, 3.8) is 0 Å². The summed E-state index contributed by atoms with van der Waals surface area (Å²) in [5.41, 5.74) is 2.93. The molecular formula is C16H15N5O2. The zero-order valence-electron chi connectivity index (χ0n) is 12.7. The number of aromatic nitrogens is 3. The third-order valence-corrected chi connectivity index (χ3v) is 3.38. The number of anilines is 1. The van der Waals surface area contributed by atoms with Crippen LogP contribution in [0.4, 0.5) is 10.6 Å². The summed E-state index contributed by atoms with van der Waals surface area (Å²) in [6.45, 7) is 1.53. The van der Waals surface area contributed by atoms with E-state index in [4.69, 9.17) is 0 Å². The maximum absolute atomic E-state index is 11.3. The van der Waals surface area contributed by atoms with Crippen LogP contribution in [0.1, 0.15) is 17.3 Å². The first-order chi connectivity index (χ1) is 11.1. The van der Waals surface area contributed by atoms with Gasteiger partial charge in [-0.1, -0.05) is 24.3 Å². The summed E-state index contributed by atoms with van der Waals surface area (Å²) in [5.74, 6) is 0.445. The number of hydrogen-bond acceptors (Lipinski definition) is 4. The van der Waals surface area contributed by atoms with E-state index in [9.17, 15) is 9.59 Å². The number of nitrogens with zero attached hydrogens (tertiary/aromatic N) is 3. The Kier molecular flexibility index (Phi) is 3.76. The molecule has 116 valence electrons. The fourth-order valence-corrected chi connectivity index (χ4v) is 2.15. The van der Waals surface area contributed by atoms with Crippen molar-refractivity contribution in [1.82, 2.24) is 19.9 Å². The Bertz CT molecular complexity index is 883. The summed E-state index contributed by atoms with van der Waals surface area (Å²) in [6.07, 6.45) is 1.64. The minimum Gasteiger partial charge on any atom is -0.341 e. The summed E-state index contributed by atoms with van der Waals surface area (Å²) in [5, 5.41) is 9.53.